The fourth-order valence-corrected chi connectivity index (χ4v) is 1.60. The normalized spacial score (nSPS) is 29.8. The van der Waals surface area contributed by atoms with E-state index in [1.807, 2.05) is 6.07 Å². The van der Waals surface area contributed by atoms with Crippen LogP contribution in [-0.2, 0) is 4.79 Å². The van der Waals surface area contributed by atoms with E-state index in [4.69, 9.17) is 5.26 Å². The molecule has 0 aliphatic heterocycles. The Balaban J connectivity index is 2.55. The minimum atomic E-state index is -1.17. The number of rotatable bonds is 2. The molecule has 1 aliphatic rings. The number of aliphatic hydroxyl groups is 1. The maximum absolute atomic E-state index is 11.3. The Kier molecular flexibility index (Phi) is 2.83. The Hall–Kier alpha value is -0.880. The first-order valence-electron chi connectivity index (χ1n) is 4.32. The second kappa shape index (κ2) is 3.68. The van der Waals surface area contributed by atoms with Gasteiger partial charge >= 0.3 is 0 Å². The van der Waals surface area contributed by atoms with E-state index in [1.54, 1.807) is 0 Å². The highest BCUT2D eigenvalue weighted by molar-refractivity contribution is 5.87. The van der Waals surface area contributed by atoms with Crippen molar-refractivity contribution >= 4 is 5.78 Å². The summed E-state index contributed by atoms with van der Waals surface area (Å²) < 4.78 is 0. The molecule has 0 aromatic heterocycles. The second-order valence-electron chi connectivity index (χ2n) is 3.32. The van der Waals surface area contributed by atoms with Crippen LogP contribution in [-0.4, -0.2) is 16.5 Å². The molecule has 12 heavy (non-hydrogen) atoms. The van der Waals surface area contributed by atoms with Crippen molar-refractivity contribution in [2.45, 2.75) is 44.1 Å². The van der Waals surface area contributed by atoms with Crippen molar-refractivity contribution in [3.63, 3.8) is 0 Å². The zero-order chi connectivity index (χ0) is 9.03. The molecule has 0 spiro atoms. The van der Waals surface area contributed by atoms with E-state index in [0.717, 1.165) is 12.8 Å². The van der Waals surface area contributed by atoms with Crippen LogP contribution >= 0.6 is 0 Å². The lowest BCUT2D eigenvalue weighted by Gasteiger charge is -2.29. The minimum absolute atomic E-state index is 0.0796. The van der Waals surface area contributed by atoms with E-state index in [9.17, 15) is 9.90 Å². The Morgan fingerprint density at radius 1 is 1.58 bits per heavy atom. The third kappa shape index (κ3) is 1.83. The number of nitriles is 1. The molecule has 0 radical (unpaired) electrons. The molecule has 0 amide bonds. The summed E-state index contributed by atoms with van der Waals surface area (Å²) in [6.07, 6.45) is 3.36. The second-order valence-corrected chi connectivity index (χ2v) is 3.32. The molecule has 0 heterocycles. The first-order chi connectivity index (χ1) is 5.69. The monoisotopic (exact) mass is 167 g/mol. The molecule has 66 valence electrons. The fourth-order valence-electron chi connectivity index (χ4n) is 1.60. The molecule has 0 aromatic carbocycles. The Bertz CT molecular complexity index is 219. The zero-order valence-corrected chi connectivity index (χ0v) is 7.05. The van der Waals surface area contributed by atoms with Crippen LogP contribution in [0.2, 0.25) is 0 Å². The molecular formula is C9H13NO2. The molecule has 1 rings (SSSR count). The van der Waals surface area contributed by atoms with E-state index in [2.05, 4.69) is 0 Å². The van der Waals surface area contributed by atoms with E-state index in [1.165, 1.54) is 0 Å². The van der Waals surface area contributed by atoms with Crippen LogP contribution in [0.25, 0.3) is 0 Å². The van der Waals surface area contributed by atoms with E-state index in [-0.39, 0.29) is 12.2 Å². The molecule has 1 unspecified atom stereocenters. The molecule has 0 bridgehead atoms. The van der Waals surface area contributed by atoms with Crippen LogP contribution in [0.5, 0.6) is 0 Å². The Morgan fingerprint density at radius 2 is 2.33 bits per heavy atom. The van der Waals surface area contributed by atoms with Gasteiger partial charge in [0.1, 0.15) is 5.60 Å². The topological polar surface area (TPSA) is 61.1 Å². The summed E-state index contributed by atoms with van der Waals surface area (Å²) in [6.45, 7) is 0. The molecule has 1 aliphatic carbocycles. The maximum atomic E-state index is 11.3. The predicted molar refractivity (Wildman–Crippen MR) is 43.3 cm³/mol. The summed E-state index contributed by atoms with van der Waals surface area (Å²) in [4.78, 5) is 11.3. The minimum Gasteiger partial charge on any atom is -0.382 e. The van der Waals surface area contributed by atoms with Crippen molar-refractivity contribution in [1.82, 2.24) is 0 Å². The Labute approximate surface area is 72.0 Å². The fraction of sp³-hybridized carbons (Fsp3) is 0.778. The van der Waals surface area contributed by atoms with Gasteiger partial charge in [-0.3, -0.25) is 4.79 Å². The molecule has 0 saturated heterocycles. The highest BCUT2D eigenvalue weighted by atomic mass is 16.3. The molecule has 1 atom stereocenters. The van der Waals surface area contributed by atoms with E-state index in [0.29, 0.717) is 19.3 Å². The Morgan fingerprint density at radius 3 is 2.92 bits per heavy atom. The number of nitrogens with zero attached hydrogens (tertiary/aromatic N) is 1. The first-order valence-corrected chi connectivity index (χ1v) is 4.32. The van der Waals surface area contributed by atoms with Crippen LogP contribution in [0, 0.1) is 11.3 Å². The smallest absolute Gasteiger partial charge is 0.164 e. The number of hydrogen-bond acceptors (Lipinski definition) is 3. The molecule has 1 N–H and O–H groups in total. The van der Waals surface area contributed by atoms with Crippen LogP contribution in [0.4, 0.5) is 0 Å². The van der Waals surface area contributed by atoms with Gasteiger partial charge in [-0.2, -0.15) is 5.26 Å². The van der Waals surface area contributed by atoms with Gasteiger partial charge in [0.2, 0.25) is 0 Å². The largest absolute Gasteiger partial charge is 0.382 e. The number of Topliss-reactive ketones (excluding diaryl/α,β-unsaturated/α-hetero) is 1. The van der Waals surface area contributed by atoms with Crippen molar-refractivity contribution in [1.29, 1.82) is 5.26 Å². The van der Waals surface area contributed by atoms with Gasteiger partial charge in [-0.25, -0.2) is 0 Å². The van der Waals surface area contributed by atoms with Gasteiger partial charge in [0.25, 0.3) is 0 Å². The number of hydrogen-bond donors (Lipinski definition) is 1. The SMILES string of the molecule is N#CCCC1(O)CCCCC1=O. The van der Waals surface area contributed by atoms with Crippen LogP contribution in [0.15, 0.2) is 0 Å². The summed E-state index contributed by atoms with van der Waals surface area (Å²) in [5.74, 6) is -0.0796. The third-order valence-electron chi connectivity index (χ3n) is 2.41. The van der Waals surface area contributed by atoms with Crippen LogP contribution in [0.3, 0.4) is 0 Å². The zero-order valence-electron chi connectivity index (χ0n) is 7.05. The van der Waals surface area contributed by atoms with E-state index >= 15 is 0 Å². The van der Waals surface area contributed by atoms with Gasteiger partial charge in [0.15, 0.2) is 5.78 Å². The molecule has 3 heteroatoms. The average Bonchev–Trinajstić information content (AvgIpc) is 2.07. The number of carbonyl (C=O) groups excluding carboxylic acids is 1. The quantitative estimate of drug-likeness (QED) is 0.671. The standard InChI is InChI=1S/C9H13NO2/c10-7-3-6-9(12)5-2-1-4-8(9)11/h12H,1-6H2. The van der Waals surface area contributed by atoms with Crippen LogP contribution < -0.4 is 0 Å². The van der Waals surface area contributed by atoms with Gasteiger partial charge in [-0.15, -0.1) is 0 Å². The van der Waals surface area contributed by atoms with E-state index < -0.39 is 5.60 Å². The highest BCUT2D eigenvalue weighted by Gasteiger charge is 2.36. The molecule has 1 saturated carbocycles. The maximum Gasteiger partial charge on any atom is 0.164 e. The first kappa shape index (κ1) is 9.21. The van der Waals surface area contributed by atoms with Crippen molar-refractivity contribution < 1.29 is 9.90 Å². The predicted octanol–water partition coefficient (Wildman–Crippen LogP) is 1.16. The lowest BCUT2D eigenvalue weighted by molar-refractivity contribution is -0.141. The van der Waals surface area contributed by atoms with Crippen LogP contribution in [0.1, 0.15) is 38.5 Å². The summed E-state index contributed by atoms with van der Waals surface area (Å²) in [7, 11) is 0. The van der Waals surface area contributed by atoms with Crippen molar-refractivity contribution in [2.24, 2.45) is 0 Å². The molecular weight excluding hydrogens is 154 g/mol. The van der Waals surface area contributed by atoms with Gasteiger partial charge < -0.3 is 5.11 Å². The molecule has 3 nitrogen and oxygen atoms in total. The third-order valence-corrected chi connectivity index (χ3v) is 2.41. The number of carbonyl (C=O) groups is 1. The van der Waals surface area contributed by atoms with Gasteiger partial charge in [-0.1, -0.05) is 0 Å². The molecule has 0 aromatic rings. The number of ketones is 1. The van der Waals surface area contributed by atoms with Gasteiger partial charge in [0, 0.05) is 12.8 Å². The lowest BCUT2D eigenvalue weighted by atomic mass is 9.81. The van der Waals surface area contributed by atoms with Gasteiger partial charge in [0.05, 0.1) is 6.07 Å². The van der Waals surface area contributed by atoms with Crippen molar-refractivity contribution in [2.75, 3.05) is 0 Å². The van der Waals surface area contributed by atoms with Crippen molar-refractivity contribution in [3.05, 3.63) is 0 Å². The van der Waals surface area contributed by atoms with Gasteiger partial charge in [-0.05, 0) is 25.7 Å². The average molecular weight is 167 g/mol. The molecule has 1 fully saturated rings. The summed E-state index contributed by atoms with van der Waals surface area (Å²) in [5.41, 5.74) is -1.17. The lowest BCUT2D eigenvalue weighted by Crippen LogP contribution is -2.40. The highest BCUT2D eigenvalue weighted by Crippen LogP contribution is 2.28. The van der Waals surface area contributed by atoms with Crippen molar-refractivity contribution in [3.8, 4) is 6.07 Å². The summed E-state index contributed by atoms with van der Waals surface area (Å²) in [6, 6.07) is 1.95. The summed E-state index contributed by atoms with van der Waals surface area (Å²) in [5, 5.41) is 18.1. The summed E-state index contributed by atoms with van der Waals surface area (Å²) >= 11 is 0.